The summed E-state index contributed by atoms with van der Waals surface area (Å²) in [6.45, 7) is 0.946. The number of methoxy groups -OCH3 is 2. The lowest BCUT2D eigenvalue weighted by Gasteiger charge is -2.12. The molecule has 0 fully saturated rings. The van der Waals surface area contributed by atoms with E-state index in [0.29, 0.717) is 11.5 Å². The number of aromatic nitrogens is 2. The number of benzene rings is 2. The summed E-state index contributed by atoms with van der Waals surface area (Å²) in [5.41, 5.74) is 4.13. The molecule has 0 unspecified atom stereocenters. The van der Waals surface area contributed by atoms with Gasteiger partial charge in [0.15, 0.2) is 11.5 Å². The molecule has 0 atom stereocenters. The highest BCUT2D eigenvalue weighted by Crippen LogP contribution is 2.42. The molecule has 1 aromatic heterocycles. The quantitative estimate of drug-likeness (QED) is 0.631. The fraction of sp³-hybridized carbons (Fsp3) is 0.286. The zero-order chi connectivity index (χ0) is 18.8. The monoisotopic (exact) mass is 427 g/mol. The molecule has 1 aliphatic heterocycles. The van der Waals surface area contributed by atoms with E-state index in [1.165, 1.54) is 5.56 Å². The van der Waals surface area contributed by atoms with Crippen molar-refractivity contribution in [2.24, 2.45) is 0 Å². The minimum absolute atomic E-state index is 0.710. The number of ether oxygens (including phenoxy) is 2. The zero-order valence-electron chi connectivity index (χ0n) is 15.5. The van der Waals surface area contributed by atoms with Crippen molar-refractivity contribution in [3.05, 3.63) is 52.5 Å². The third-order valence-corrected chi connectivity index (χ3v) is 5.33. The molecular formula is C21H22BrN3O2. The van der Waals surface area contributed by atoms with Gasteiger partial charge in [-0.15, -0.1) is 0 Å². The standard InChI is InChI=1S/C21H22BrN3O2/c1-26-18-11-6-10-16(20(18)27-2)19-17-9-3-4-12-23-21(17)25(24-19)15-8-5-7-14(22)13-15/h5-8,10-11,13,23H,3-4,9,12H2,1-2H3. The fourth-order valence-electron chi connectivity index (χ4n) is 3.59. The Hall–Kier alpha value is -2.47. The smallest absolute Gasteiger partial charge is 0.170 e. The van der Waals surface area contributed by atoms with Gasteiger partial charge < -0.3 is 14.8 Å². The number of nitrogens with zero attached hydrogens (tertiary/aromatic N) is 2. The van der Waals surface area contributed by atoms with Crippen LogP contribution < -0.4 is 14.8 Å². The van der Waals surface area contributed by atoms with E-state index in [1.807, 2.05) is 35.0 Å². The van der Waals surface area contributed by atoms with E-state index in [-0.39, 0.29) is 0 Å². The number of hydrogen-bond donors (Lipinski definition) is 1. The molecule has 0 aliphatic carbocycles. The van der Waals surface area contributed by atoms with Gasteiger partial charge in [-0.1, -0.05) is 28.1 Å². The Morgan fingerprint density at radius 1 is 1.07 bits per heavy atom. The highest BCUT2D eigenvalue weighted by atomic mass is 79.9. The third-order valence-electron chi connectivity index (χ3n) is 4.84. The maximum atomic E-state index is 5.68. The number of para-hydroxylation sites is 1. The van der Waals surface area contributed by atoms with Crippen LogP contribution >= 0.6 is 15.9 Å². The van der Waals surface area contributed by atoms with Crippen LogP contribution in [0.1, 0.15) is 18.4 Å². The first-order valence-electron chi connectivity index (χ1n) is 9.06. The minimum atomic E-state index is 0.710. The van der Waals surface area contributed by atoms with Crippen LogP contribution in [0.25, 0.3) is 16.9 Å². The van der Waals surface area contributed by atoms with Crippen molar-refractivity contribution in [2.75, 3.05) is 26.1 Å². The summed E-state index contributed by atoms with van der Waals surface area (Å²) in [7, 11) is 3.33. The Morgan fingerprint density at radius 3 is 2.70 bits per heavy atom. The van der Waals surface area contributed by atoms with E-state index in [1.54, 1.807) is 14.2 Å². The lowest BCUT2D eigenvalue weighted by atomic mass is 10.0. The first-order valence-corrected chi connectivity index (χ1v) is 9.85. The number of fused-ring (bicyclic) bond motifs is 1. The number of rotatable bonds is 4. The molecule has 4 rings (SSSR count). The summed E-state index contributed by atoms with van der Waals surface area (Å²) < 4.78 is 14.2. The highest BCUT2D eigenvalue weighted by Gasteiger charge is 2.24. The van der Waals surface area contributed by atoms with Crippen molar-refractivity contribution in [1.29, 1.82) is 0 Å². The molecule has 27 heavy (non-hydrogen) atoms. The van der Waals surface area contributed by atoms with Crippen LogP contribution in [0.5, 0.6) is 11.5 Å². The van der Waals surface area contributed by atoms with Gasteiger partial charge in [0.1, 0.15) is 11.5 Å². The number of anilines is 1. The Balaban J connectivity index is 1.95. The maximum absolute atomic E-state index is 5.68. The van der Waals surface area contributed by atoms with E-state index in [4.69, 9.17) is 14.6 Å². The molecule has 140 valence electrons. The van der Waals surface area contributed by atoms with Crippen LogP contribution in [-0.4, -0.2) is 30.5 Å². The lowest BCUT2D eigenvalue weighted by molar-refractivity contribution is 0.356. The van der Waals surface area contributed by atoms with Gasteiger partial charge in [-0.3, -0.25) is 0 Å². The van der Waals surface area contributed by atoms with Gasteiger partial charge in [-0.05, 0) is 49.6 Å². The van der Waals surface area contributed by atoms with E-state index < -0.39 is 0 Å². The number of halogens is 1. The summed E-state index contributed by atoms with van der Waals surface area (Å²) in [6, 6.07) is 14.1. The fourth-order valence-corrected chi connectivity index (χ4v) is 3.97. The van der Waals surface area contributed by atoms with Crippen LogP contribution in [0, 0.1) is 0 Å². The lowest BCUT2D eigenvalue weighted by Crippen LogP contribution is -2.07. The van der Waals surface area contributed by atoms with Crippen molar-refractivity contribution < 1.29 is 9.47 Å². The molecule has 0 radical (unpaired) electrons. The second kappa shape index (κ2) is 7.64. The van der Waals surface area contributed by atoms with E-state index in [9.17, 15) is 0 Å². The molecule has 0 saturated heterocycles. The second-order valence-electron chi connectivity index (χ2n) is 6.49. The Kier molecular flexibility index (Phi) is 5.07. The highest BCUT2D eigenvalue weighted by molar-refractivity contribution is 9.10. The Labute approximate surface area is 167 Å². The Bertz CT molecular complexity index is 968. The van der Waals surface area contributed by atoms with Crippen molar-refractivity contribution >= 4 is 21.7 Å². The molecule has 0 spiro atoms. The summed E-state index contributed by atoms with van der Waals surface area (Å²) in [4.78, 5) is 0. The number of hydrogen-bond acceptors (Lipinski definition) is 4. The molecule has 5 nitrogen and oxygen atoms in total. The molecule has 1 N–H and O–H groups in total. The van der Waals surface area contributed by atoms with Gasteiger partial charge in [-0.2, -0.15) is 5.10 Å². The summed E-state index contributed by atoms with van der Waals surface area (Å²) in [5, 5.41) is 8.58. The van der Waals surface area contributed by atoms with Gasteiger partial charge in [-0.25, -0.2) is 4.68 Å². The SMILES string of the molecule is COc1cccc(-c2nn(-c3cccc(Br)c3)c3c2CCCCN3)c1OC. The van der Waals surface area contributed by atoms with Gasteiger partial charge in [0, 0.05) is 22.1 Å². The van der Waals surface area contributed by atoms with Gasteiger partial charge in [0.2, 0.25) is 0 Å². The largest absolute Gasteiger partial charge is 0.493 e. The second-order valence-corrected chi connectivity index (χ2v) is 7.41. The maximum Gasteiger partial charge on any atom is 0.170 e. The molecular weight excluding hydrogens is 406 g/mol. The molecule has 6 heteroatoms. The molecule has 0 amide bonds. The minimum Gasteiger partial charge on any atom is -0.493 e. The summed E-state index contributed by atoms with van der Waals surface area (Å²) >= 11 is 3.57. The third kappa shape index (κ3) is 3.30. The molecule has 1 aliphatic rings. The van der Waals surface area contributed by atoms with Crippen LogP contribution in [0.4, 0.5) is 5.82 Å². The molecule has 2 heterocycles. The average Bonchev–Trinajstić information content (AvgIpc) is 2.88. The van der Waals surface area contributed by atoms with Crippen LogP contribution in [0.15, 0.2) is 46.9 Å². The van der Waals surface area contributed by atoms with Crippen molar-refractivity contribution in [3.8, 4) is 28.4 Å². The van der Waals surface area contributed by atoms with Gasteiger partial charge in [0.25, 0.3) is 0 Å². The van der Waals surface area contributed by atoms with Crippen LogP contribution in [0.3, 0.4) is 0 Å². The Morgan fingerprint density at radius 2 is 1.93 bits per heavy atom. The molecule has 0 bridgehead atoms. The summed E-state index contributed by atoms with van der Waals surface area (Å²) in [5.74, 6) is 2.48. The molecule has 2 aromatic carbocycles. The van der Waals surface area contributed by atoms with Crippen LogP contribution in [0.2, 0.25) is 0 Å². The average molecular weight is 428 g/mol. The molecule has 3 aromatic rings. The normalized spacial score (nSPS) is 13.4. The predicted molar refractivity (Wildman–Crippen MR) is 111 cm³/mol. The van der Waals surface area contributed by atoms with Gasteiger partial charge in [0.05, 0.1) is 19.9 Å². The van der Waals surface area contributed by atoms with Crippen molar-refractivity contribution in [2.45, 2.75) is 19.3 Å². The van der Waals surface area contributed by atoms with Crippen molar-refractivity contribution in [1.82, 2.24) is 9.78 Å². The van der Waals surface area contributed by atoms with Crippen molar-refractivity contribution in [3.63, 3.8) is 0 Å². The van der Waals surface area contributed by atoms with Gasteiger partial charge >= 0.3 is 0 Å². The predicted octanol–water partition coefficient (Wildman–Crippen LogP) is 5.07. The summed E-state index contributed by atoms with van der Waals surface area (Å²) in [6.07, 6.45) is 3.25. The van der Waals surface area contributed by atoms with E-state index in [2.05, 4.69) is 33.4 Å². The van der Waals surface area contributed by atoms with E-state index in [0.717, 1.165) is 53.0 Å². The molecule has 0 saturated carbocycles. The zero-order valence-corrected chi connectivity index (χ0v) is 17.0. The van der Waals surface area contributed by atoms with Crippen LogP contribution in [-0.2, 0) is 6.42 Å². The first kappa shape index (κ1) is 17.9. The number of nitrogens with one attached hydrogen (secondary N) is 1. The topological polar surface area (TPSA) is 48.3 Å². The first-order chi connectivity index (χ1) is 13.2. The van der Waals surface area contributed by atoms with E-state index >= 15 is 0 Å².